The zero-order valence-corrected chi connectivity index (χ0v) is 13.2. The van der Waals surface area contributed by atoms with Crippen molar-refractivity contribution >= 4 is 15.6 Å². The Morgan fingerprint density at radius 3 is 2.43 bits per heavy atom. The molecule has 0 saturated heterocycles. The van der Waals surface area contributed by atoms with E-state index in [0.717, 1.165) is 30.0 Å². The van der Waals surface area contributed by atoms with Crippen LogP contribution in [0.1, 0.15) is 17.2 Å². The number of rotatable bonds is 3. The van der Waals surface area contributed by atoms with Gasteiger partial charge < -0.3 is 0 Å². The molecule has 2 aromatic carbocycles. The first kappa shape index (κ1) is 15.8. The molecule has 0 aromatic heterocycles. The summed E-state index contributed by atoms with van der Waals surface area (Å²) in [6.07, 6.45) is 2.79. The first-order valence-corrected chi connectivity index (χ1v) is 8.89. The fraction of sp³-hybridized carbons (Fsp3) is 0.176. The predicted octanol–water partition coefficient (Wildman–Crippen LogP) is 3.36. The van der Waals surface area contributed by atoms with Crippen molar-refractivity contribution in [3.05, 3.63) is 77.4 Å². The molecule has 3 nitrogen and oxygen atoms in total. The van der Waals surface area contributed by atoms with Crippen LogP contribution in [0.25, 0.3) is 5.57 Å². The van der Waals surface area contributed by atoms with E-state index < -0.39 is 27.7 Å². The van der Waals surface area contributed by atoms with Crippen LogP contribution in [-0.4, -0.2) is 25.5 Å². The maximum absolute atomic E-state index is 14.0. The van der Waals surface area contributed by atoms with Gasteiger partial charge in [-0.3, -0.25) is 0 Å². The van der Waals surface area contributed by atoms with Crippen LogP contribution in [0.4, 0.5) is 8.78 Å². The van der Waals surface area contributed by atoms with Crippen LogP contribution in [0, 0.1) is 11.6 Å². The van der Waals surface area contributed by atoms with Gasteiger partial charge in [0.15, 0.2) is 0 Å². The third-order valence-corrected chi connectivity index (χ3v) is 5.05. The van der Waals surface area contributed by atoms with Crippen LogP contribution in [0.3, 0.4) is 0 Å². The molecule has 0 saturated carbocycles. The Hall–Kier alpha value is -2.05. The number of nitrogens with zero attached hydrogens (tertiary/aromatic N) is 1. The minimum absolute atomic E-state index is 0.0127. The lowest BCUT2D eigenvalue weighted by Gasteiger charge is -2.22. The van der Waals surface area contributed by atoms with E-state index in [-0.39, 0.29) is 12.1 Å². The highest BCUT2D eigenvalue weighted by Crippen LogP contribution is 2.37. The smallest absolute Gasteiger partial charge is 0.212 e. The molecule has 0 radical (unpaired) electrons. The molecule has 1 aliphatic rings. The van der Waals surface area contributed by atoms with Gasteiger partial charge in [-0.15, -0.1) is 0 Å². The van der Waals surface area contributed by atoms with Crippen LogP contribution < -0.4 is 0 Å². The quantitative estimate of drug-likeness (QED) is 0.862. The van der Waals surface area contributed by atoms with E-state index in [1.807, 2.05) is 30.3 Å². The van der Waals surface area contributed by atoms with E-state index >= 15 is 0 Å². The maximum atomic E-state index is 14.0. The molecule has 2 aromatic rings. The van der Waals surface area contributed by atoms with Crippen molar-refractivity contribution in [1.29, 1.82) is 0 Å². The van der Waals surface area contributed by atoms with Gasteiger partial charge in [0.25, 0.3) is 0 Å². The summed E-state index contributed by atoms with van der Waals surface area (Å²) in [7, 11) is -3.50. The van der Waals surface area contributed by atoms with Crippen molar-refractivity contribution in [3.8, 4) is 0 Å². The molecule has 0 spiro atoms. The lowest BCUT2D eigenvalue weighted by atomic mass is 10.0. The highest BCUT2D eigenvalue weighted by molar-refractivity contribution is 7.88. The third-order valence-electron chi connectivity index (χ3n) is 3.84. The molecule has 0 aliphatic carbocycles. The van der Waals surface area contributed by atoms with E-state index in [2.05, 4.69) is 0 Å². The molecule has 1 atom stereocenters. The number of benzene rings is 2. The number of halogens is 2. The summed E-state index contributed by atoms with van der Waals surface area (Å²) < 4.78 is 52.8. The third kappa shape index (κ3) is 3.18. The molecule has 6 heteroatoms. The molecule has 120 valence electrons. The number of hydrogen-bond donors (Lipinski definition) is 0. The molecule has 0 fully saturated rings. The molecular formula is C17H15F2NO2S. The maximum Gasteiger partial charge on any atom is 0.212 e. The van der Waals surface area contributed by atoms with Gasteiger partial charge in [-0.25, -0.2) is 17.2 Å². The first-order chi connectivity index (χ1) is 10.9. The van der Waals surface area contributed by atoms with Crippen LogP contribution >= 0.6 is 0 Å². The van der Waals surface area contributed by atoms with Gasteiger partial charge in [0.2, 0.25) is 10.0 Å². The van der Waals surface area contributed by atoms with Crippen molar-refractivity contribution in [2.45, 2.75) is 6.04 Å². The van der Waals surface area contributed by atoms with Gasteiger partial charge in [-0.1, -0.05) is 36.4 Å². The van der Waals surface area contributed by atoms with E-state index in [9.17, 15) is 17.2 Å². The van der Waals surface area contributed by atoms with Crippen LogP contribution in [0.15, 0.2) is 54.6 Å². The minimum atomic E-state index is -3.50. The standard InChI is InChI=1S/C17H15F2NO2S/c1-23(21,22)20-11-13(15-10-14(18)7-8-16(15)19)9-17(20)12-5-3-2-4-6-12/h2-10,17H,11H2,1H3. The fourth-order valence-corrected chi connectivity index (χ4v) is 3.72. The summed E-state index contributed by atoms with van der Waals surface area (Å²) >= 11 is 0. The van der Waals surface area contributed by atoms with Gasteiger partial charge in [0.05, 0.1) is 12.3 Å². The summed E-state index contributed by atoms with van der Waals surface area (Å²) in [6.45, 7) is 0.0127. The van der Waals surface area contributed by atoms with Crippen LogP contribution in [0.2, 0.25) is 0 Å². The molecule has 0 bridgehead atoms. The van der Waals surface area contributed by atoms with Gasteiger partial charge in [0.1, 0.15) is 11.6 Å². The summed E-state index contributed by atoms with van der Waals surface area (Å²) in [5.74, 6) is -1.13. The van der Waals surface area contributed by atoms with Gasteiger partial charge in [-0.2, -0.15) is 4.31 Å². The second kappa shape index (κ2) is 5.86. The normalized spacial score (nSPS) is 18.9. The fourth-order valence-electron chi connectivity index (χ4n) is 2.75. The lowest BCUT2D eigenvalue weighted by molar-refractivity contribution is 0.424. The van der Waals surface area contributed by atoms with E-state index in [0.29, 0.717) is 5.57 Å². The van der Waals surface area contributed by atoms with Crippen molar-refractivity contribution in [2.24, 2.45) is 0 Å². The first-order valence-electron chi connectivity index (χ1n) is 7.04. The largest absolute Gasteiger partial charge is 0.212 e. The summed E-state index contributed by atoms with van der Waals surface area (Å²) in [4.78, 5) is 0. The van der Waals surface area contributed by atoms with Crippen LogP contribution in [-0.2, 0) is 10.0 Å². The lowest BCUT2D eigenvalue weighted by Crippen LogP contribution is -2.30. The molecule has 1 unspecified atom stereocenters. The Kier molecular flexibility index (Phi) is 4.04. The predicted molar refractivity (Wildman–Crippen MR) is 85.1 cm³/mol. The van der Waals surface area contributed by atoms with E-state index in [4.69, 9.17) is 0 Å². The summed E-state index contributed by atoms with van der Waals surface area (Å²) in [5, 5.41) is 0. The Bertz CT molecular complexity index is 863. The molecule has 3 rings (SSSR count). The van der Waals surface area contributed by atoms with Gasteiger partial charge in [-0.05, 0) is 29.3 Å². The molecule has 1 heterocycles. The van der Waals surface area contributed by atoms with Crippen molar-refractivity contribution in [1.82, 2.24) is 4.31 Å². The monoisotopic (exact) mass is 335 g/mol. The van der Waals surface area contributed by atoms with E-state index in [1.54, 1.807) is 6.08 Å². The Morgan fingerprint density at radius 2 is 1.78 bits per heavy atom. The molecule has 23 heavy (non-hydrogen) atoms. The van der Waals surface area contributed by atoms with Crippen molar-refractivity contribution < 1.29 is 17.2 Å². The second-order valence-corrected chi connectivity index (χ2v) is 7.41. The Balaban J connectivity index is 2.08. The average molecular weight is 335 g/mol. The second-order valence-electron chi connectivity index (χ2n) is 5.48. The average Bonchev–Trinajstić information content (AvgIpc) is 2.96. The molecule has 0 amide bonds. The van der Waals surface area contributed by atoms with Gasteiger partial charge in [0, 0.05) is 12.1 Å². The Labute approximate surface area is 133 Å². The highest BCUT2D eigenvalue weighted by atomic mass is 32.2. The highest BCUT2D eigenvalue weighted by Gasteiger charge is 2.33. The zero-order valence-electron chi connectivity index (χ0n) is 12.4. The van der Waals surface area contributed by atoms with Crippen molar-refractivity contribution in [3.63, 3.8) is 0 Å². The SMILES string of the molecule is CS(=O)(=O)N1CC(c2cc(F)ccc2F)=CC1c1ccccc1. The Morgan fingerprint density at radius 1 is 1.09 bits per heavy atom. The topological polar surface area (TPSA) is 37.4 Å². The molecule has 1 aliphatic heterocycles. The number of hydrogen-bond acceptors (Lipinski definition) is 2. The minimum Gasteiger partial charge on any atom is -0.212 e. The van der Waals surface area contributed by atoms with Crippen LogP contribution in [0.5, 0.6) is 0 Å². The number of sulfonamides is 1. The summed E-state index contributed by atoms with van der Waals surface area (Å²) in [6, 6.07) is 11.7. The zero-order chi connectivity index (χ0) is 16.6. The van der Waals surface area contributed by atoms with E-state index in [1.165, 1.54) is 4.31 Å². The van der Waals surface area contributed by atoms with Crippen molar-refractivity contribution in [2.75, 3.05) is 12.8 Å². The molecular weight excluding hydrogens is 320 g/mol. The van der Waals surface area contributed by atoms with Gasteiger partial charge >= 0.3 is 0 Å². The molecule has 0 N–H and O–H groups in total. The summed E-state index contributed by atoms with van der Waals surface area (Å²) in [5.41, 5.74) is 1.34.